The van der Waals surface area contributed by atoms with Crippen LogP contribution in [0.25, 0.3) is 0 Å². The summed E-state index contributed by atoms with van der Waals surface area (Å²) in [5, 5.41) is 4.62. The van der Waals surface area contributed by atoms with Gasteiger partial charge in [-0.1, -0.05) is 19.9 Å². The van der Waals surface area contributed by atoms with Gasteiger partial charge in [-0.3, -0.25) is 10.1 Å². The van der Waals surface area contributed by atoms with Crippen LogP contribution in [0.15, 0.2) is 18.2 Å². The molecule has 0 radical (unpaired) electrons. The van der Waals surface area contributed by atoms with E-state index < -0.39 is 24.0 Å². The predicted molar refractivity (Wildman–Crippen MR) is 98.1 cm³/mol. The second kappa shape index (κ2) is 9.79. The van der Waals surface area contributed by atoms with Crippen molar-refractivity contribution in [3.63, 3.8) is 0 Å². The van der Waals surface area contributed by atoms with E-state index in [2.05, 4.69) is 24.5 Å². The first kappa shape index (κ1) is 21.5. The molecule has 0 unspecified atom stereocenters. The molecule has 0 saturated heterocycles. The van der Waals surface area contributed by atoms with Gasteiger partial charge in [0.25, 0.3) is 5.91 Å². The van der Waals surface area contributed by atoms with Crippen LogP contribution < -0.4 is 15.4 Å². The molecule has 0 heterocycles. The lowest BCUT2D eigenvalue weighted by Gasteiger charge is -2.15. The van der Waals surface area contributed by atoms with Crippen LogP contribution in [0.2, 0.25) is 0 Å². The number of benzene rings is 1. The Kier molecular flexibility index (Phi) is 8.09. The van der Waals surface area contributed by atoms with Crippen LogP contribution in [0.5, 0.6) is 5.75 Å². The van der Waals surface area contributed by atoms with E-state index >= 15 is 0 Å². The highest BCUT2D eigenvalue weighted by atomic mass is 16.6. The number of carbonyl (C=O) groups excluding carboxylic acids is 3. The Bertz CT molecular complexity index is 655. The highest BCUT2D eigenvalue weighted by molar-refractivity contribution is 5.97. The second-order valence-corrected chi connectivity index (χ2v) is 6.71. The number of hydrogen-bond acceptors (Lipinski definition) is 5. The maximum Gasteiger partial charge on any atom is 0.344 e. The first-order valence-corrected chi connectivity index (χ1v) is 8.64. The number of ether oxygens (including phenoxy) is 2. The van der Waals surface area contributed by atoms with Gasteiger partial charge < -0.3 is 14.8 Å². The van der Waals surface area contributed by atoms with Crippen LogP contribution in [-0.2, 0) is 14.3 Å². The maximum absolute atomic E-state index is 11.8. The molecule has 1 aromatic rings. The van der Waals surface area contributed by atoms with Crippen molar-refractivity contribution in [3.8, 4) is 5.75 Å². The van der Waals surface area contributed by atoms with E-state index in [0.717, 1.165) is 5.56 Å². The standard InChI is InChI=1S/C19H28N2O5/c1-11(2)16-8-7-15(9-13(16)5)25-10-17(22)26-14(6)18(23)21-19(24)20-12(3)4/h7-9,11-12,14H,10H2,1-6H3,(H2,20,21,23,24)/t14-/m1/s1. The van der Waals surface area contributed by atoms with E-state index in [9.17, 15) is 14.4 Å². The van der Waals surface area contributed by atoms with E-state index in [0.29, 0.717) is 11.7 Å². The summed E-state index contributed by atoms with van der Waals surface area (Å²) in [6, 6.07) is 4.87. The number of nitrogens with one attached hydrogen (secondary N) is 2. The van der Waals surface area contributed by atoms with Crippen LogP contribution in [0.4, 0.5) is 4.79 Å². The van der Waals surface area contributed by atoms with Gasteiger partial charge in [0.1, 0.15) is 5.75 Å². The summed E-state index contributed by atoms with van der Waals surface area (Å²) < 4.78 is 10.4. The molecule has 0 aliphatic heterocycles. The smallest absolute Gasteiger partial charge is 0.344 e. The van der Waals surface area contributed by atoms with E-state index in [4.69, 9.17) is 9.47 Å². The quantitative estimate of drug-likeness (QED) is 0.726. The van der Waals surface area contributed by atoms with Crippen LogP contribution in [-0.4, -0.2) is 36.7 Å². The number of amides is 3. The van der Waals surface area contributed by atoms with E-state index in [1.165, 1.54) is 12.5 Å². The molecule has 1 rings (SSSR count). The molecule has 7 nitrogen and oxygen atoms in total. The third-order valence-electron chi connectivity index (χ3n) is 3.55. The first-order valence-electron chi connectivity index (χ1n) is 8.64. The maximum atomic E-state index is 11.8. The molecular formula is C19H28N2O5. The molecule has 0 aromatic heterocycles. The van der Waals surface area contributed by atoms with Gasteiger partial charge in [0.15, 0.2) is 12.7 Å². The van der Waals surface area contributed by atoms with Crippen molar-refractivity contribution in [3.05, 3.63) is 29.3 Å². The molecule has 0 saturated carbocycles. The zero-order valence-corrected chi connectivity index (χ0v) is 16.2. The van der Waals surface area contributed by atoms with E-state index in [-0.39, 0.29) is 12.6 Å². The normalized spacial score (nSPS) is 11.8. The minimum absolute atomic E-state index is 0.111. The molecule has 2 N–H and O–H groups in total. The largest absolute Gasteiger partial charge is 0.482 e. The Morgan fingerprint density at radius 2 is 1.73 bits per heavy atom. The number of esters is 1. The fraction of sp³-hybridized carbons (Fsp3) is 0.526. The van der Waals surface area contributed by atoms with Gasteiger partial charge in [-0.15, -0.1) is 0 Å². The first-order chi connectivity index (χ1) is 12.1. The number of aryl methyl sites for hydroxylation is 1. The Balaban J connectivity index is 2.47. The van der Waals surface area contributed by atoms with Crippen molar-refractivity contribution >= 4 is 17.9 Å². The highest BCUT2D eigenvalue weighted by Gasteiger charge is 2.20. The van der Waals surface area contributed by atoms with Crippen molar-refractivity contribution in [2.75, 3.05) is 6.61 Å². The lowest BCUT2D eigenvalue weighted by Crippen LogP contribution is -2.46. The summed E-state index contributed by atoms with van der Waals surface area (Å²) in [4.78, 5) is 35.1. The average molecular weight is 364 g/mol. The lowest BCUT2D eigenvalue weighted by atomic mass is 9.98. The summed E-state index contributed by atoms with van der Waals surface area (Å²) in [5.41, 5.74) is 2.29. The van der Waals surface area contributed by atoms with Crippen LogP contribution in [0.1, 0.15) is 51.7 Å². The topological polar surface area (TPSA) is 93.7 Å². The van der Waals surface area contributed by atoms with Crippen LogP contribution in [0, 0.1) is 6.92 Å². The summed E-state index contributed by atoms with van der Waals surface area (Å²) in [5.74, 6) is -0.435. The summed E-state index contributed by atoms with van der Waals surface area (Å²) in [6.07, 6.45) is -1.10. The van der Waals surface area contributed by atoms with Gasteiger partial charge in [-0.05, 0) is 56.9 Å². The number of carbonyl (C=O) groups is 3. The van der Waals surface area contributed by atoms with Crippen LogP contribution >= 0.6 is 0 Å². The summed E-state index contributed by atoms with van der Waals surface area (Å²) >= 11 is 0. The second-order valence-electron chi connectivity index (χ2n) is 6.71. The van der Waals surface area contributed by atoms with Crippen molar-refractivity contribution < 1.29 is 23.9 Å². The summed E-state index contributed by atoms with van der Waals surface area (Å²) in [7, 11) is 0. The number of urea groups is 1. The number of hydrogen-bond donors (Lipinski definition) is 2. The average Bonchev–Trinajstić information content (AvgIpc) is 2.51. The molecule has 0 spiro atoms. The monoisotopic (exact) mass is 364 g/mol. The van der Waals surface area contributed by atoms with E-state index in [1.807, 2.05) is 19.1 Å². The number of rotatable bonds is 7. The Morgan fingerprint density at radius 1 is 1.08 bits per heavy atom. The molecule has 0 aliphatic carbocycles. The molecule has 1 aromatic carbocycles. The molecule has 0 bridgehead atoms. The molecular weight excluding hydrogens is 336 g/mol. The van der Waals surface area contributed by atoms with Crippen LogP contribution in [0.3, 0.4) is 0 Å². The zero-order valence-electron chi connectivity index (χ0n) is 16.2. The Morgan fingerprint density at radius 3 is 2.27 bits per heavy atom. The van der Waals surface area contributed by atoms with E-state index in [1.54, 1.807) is 19.9 Å². The predicted octanol–water partition coefficient (Wildman–Crippen LogP) is 2.66. The molecule has 1 atom stereocenters. The number of imide groups is 1. The van der Waals surface area contributed by atoms with Gasteiger partial charge in [0, 0.05) is 6.04 Å². The minimum atomic E-state index is -1.10. The third kappa shape index (κ3) is 7.13. The Labute approximate surface area is 154 Å². The molecule has 26 heavy (non-hydrogen) atoms. The van der Waals surface area contributed by atoms with Gasteiger partial charge in [-0.25, -0.2) is 9.59 Å². The fourth-order valence-corrected chi connectivity index (χ4v) is 2.32. The molecule has 0 aliphatic rings. The van der Waals surface area contributed by atoms with Gasteiger partial charge in [-0.2, -0.15) is 0 Å². The highest BCUT2D eigenvalue weighted by Crippen LogP contribution is 2.23. The SMILES string of the molecule is Cc1cc(OCC(=O)O[C@H](C)C(=O)NC(=O)NC(C)C)ccc1C(C)C. The molecule has 0 fully saturated rings. The zero-order chi connectivity index (χ0) is 19.9. The molecule has 3 amide bonds. The van der Waals surface area contributed by atoms with Gasteiger partial charge in [0.05, 0.1) is 0 Å². The van der Waals surface area contributed by atoms with Crippen molar-refractivity contribution in [1.29, 1.82) is 0 Å². The minimum Gasteiger partial charge on any atom is -0.482 e. The lowest BCUT2D eigenvalue weighted by molar-refractivity contribution is -0.156. The molecule has 144 valence electrons. The summed E-state index contributed by atoms with van der Waals surface area (Å²) in [6.45, 7) is 10.8. The fourth-order valence-electron chi connectivity index (χ4n) is 2.32. The Hall–Kier alpha value is -2.57. The third-order valence-corrected chi connectivity index (χ3v) is 3.55. The van der Waals surface area contributed by atoms with Gasteiger partial charge >= 0.3 is 12.0 Å². The molecule has 7 heteroatoms. The van der Waals surface area contributed by atoms with Crippen molar-refractivity contribution in [1.82, 2.24) is 10.6 Å². The van der Waals surface area contributed by atoms with Crippen molar-refractivity contribution in [2.45, 2.75) is 59.6 Å². The van der Waals surface area contributed by atoms with Crippen molar-refractivity contribution in [2.24, 2.45) is 0 Å². The van der Waals surface area contributed by atoms with Gasteiger partial charge in [0.2, 0.25) is 0 Å².